The number of aromatic amines is 1. The first-order valence-corrected chi connectivity index (χ1v) is 11.2. The minimum Gasteiger partial charge on any atom is -0.508 e. The topological polar surface area (TPSA) is 124 Å². The monoisotopic (exact) mass is 439 g/mol. The Morgan fingerprint density at radius 2 is 1.84 bits per heavy atom. The van der Waals surface area contributed by atoms with E-state index in [1.54, 1.807) is 12.1 Å². The Bertz CT molecular complexity index is 1030. The van der Waals surface area contributed by atoms with E-state index < -0.39 is 0 Å². The first kappa shape index (κ1) is 22.0. The molecule has 2 aliphatic carbocycles. The summed E-state index contributed by atoms with van der Waals surface area (Å²) in [6.45, 7) is 1.22. The van der Waals surface area contributed by atoms with E-state index in [-0.39, 0.29) is 29.1 Å². The van der Waals surface area contributed by atoms with Crippen molar-refractivity contribution in [3.8, 4) is 5.75 Å². The van der Waals surface area contributed by atoms with E-state index in [9.17, 15) is 14.7 Å². The lowest BCUT2D eigenvalue weighted by Crippen LogP contribution is -2.45. The van der Waals surface area contributed by atoms with Gasteiger partial charge in [0.05, 0.1) is 5.69 Å². The molecule has 1 saturated heterocycles. The molecule has 1 aliphatic heterocycles. The molecular formula is C24H29N3O5. The molecule has 32 heavy (non-hydrogen) atoms. The molecule has 0 bridgehead atoms. The molecular weight excluding hydrogens is 410 g/mol. The van der Waals surface area contributed by atoms with Crippen LogP contribution in [0.3, 0.4) is 0 Å². The largest absolute Gasteiger partial charge is 0.508 e. The lowest BCUT2D eigenvalue weighted by molar-refractivity contribution is -0.132. The molecule has 2 aromatic rings. The summed E-state index contributed by atoms with van der Waals surface area (Å²) in [4.78, 5) is 43.5. The number of H-pyrrole nitrogens is 1. The zero-order valence-electron chi connectivity index (χ0n) is 18.0. The summed E-state index contributed by atoms with van der Waals surface area (Å²) in [6.07, 6.45) is 6.98. The zero-order chi connectivity index (χ0) is 22.7. The molecule has 2 heterocycles. The summed E-state index contributed by atoms with van der Waals surface area (Å²) < 4.78 is 0. The second kappa shape index (κ2) is 9.14. The lowest BCUT2D eigenvalue weighted by Gasteiger charge is -2.39. The van der Waals surface area contributed by atoms with Gasteiger partial charge in [-0.3, -0.25) is 14.4 Å². The SMILES string of the molecule is O=C(CCc1ccc(O)cc1)N1CCC2(CCc3c2nc(C2CC2)[nH]c3=O)CC1.O=CO. The fourth-order valence-electron chi connectivity index (χ4n) is 4.96. The number of aromatic hydroxyl groups is 1. The first-order valence-electron chi connectivity index (χ1n) is 11.2. The number of rotatable bonds is 4. The van der Waals surface area contributed by atoms with Gasteiger partial charge < -0.3 is 20.1 Å². The van der Waals surface area contributed by atoms with Crippen molar-refractivity contribution in [2.45, 2.75) is 62.7 Å². The average molecular weight is 440 g/mol. The van der Waals surface area contributed by atoms with Gasteiger partial charge in [-0.15, -0.1) is 0 Å². The number of piperidine rings is 1. The fourth-order valence-corrected chi connectivity index (χ4v) is 4.96. The highest BCUT2D eigenvalue weighted by molar-refractivity contribution is 5.76. The Morgan fingerprint density at radius 3 is 2.47 bits per heavy atom. The molecule has 0 unspecified atom stereocenters. The quantitative estimate of drug-likeness (QED) is 0.629. The Labute approximate surface area is 186 Å². The third-order valence-electron chi connectivity index (χ3n) is 6.99. The van der Waals surface area contributed by atoms with Crippen molar-refractivity contribution in [2.24, 2.45) is 0 Å². The molecule has 8 heteroatoms. The summed E-state index contributed by atoms with van der Waals surface area (Å²) in [6, 6.07) is 7.05. The maximum atomic E-state index is 12.7. The minimum atomic E-state index is -0.250. The number of benzene rings is 1. The van der Waals surface area contributed by atoms with Crippen molar-refractivity contribution >= 4 is 12.4 Å². The molecule has 3 aliphatic rings. The predicted octanol–water partition coefficient (Wildman–Crippen LogP) is 2.49. The standard InChI is InChI=1S/C23H27N3O3.CH2O2/c27-17-6-1-15(2-7-17)3-8-19(28)26-13-11-23(12-14-26)10-9-18-20(23)24-21(16-4-5-16)25-22(18)29;2-1-3/h1-2,6-7,16,27H,3-5,8-14H2,(H,24,25,29);1H,(H,2,3). The summed E-state index contributed by atoms with van der Waals surface area (Å²) in [7, 11) is 0. The van der Waals surface area contributed by atoms with Gasteiger partial charge >= 0.3 is 0 Å². The molecule has 0 radical (unpaired) electrons. The van der Waals surface area contributed by atoms with Gasteiger partial charge in [0, 0.05) is 36.4 Å². The van der Waals surface area contributed by atoms with Crippen LogP contribution < -0.4 is 5.56 Å². The van der Waals surface area contributed by atoms with Crippen molar-refractivity contribution in [1.82, 2.24) is 14.9 Å². The second-order valence-corrected chi connectivity index (χ2v) is 8.99. The molecule has 1 amide bonds. The number of aromatic nitrogens is 2. The van der Waals surface area contributed by atoms with Crippen molar-refractivity contribution < 1.29 is 19.8 Å². The van der Waals surface area contributed by atoms with Gasteiger partial charge in [0.15, 0.2) is 0 Å². The Balaban J connectivity index is 0.000000775. The van der Waals surface area contributed by atoms with Gasteiger partial charge in [0.1, 0.15) is 11.6 Å². The van der Waals surface area contributed by atoms with Gasteiger partial charge in [-0.2, -0.15) is 0 Å². The number of hydrogen-bond donors (Lipinski definition) is 3. The van der Waals surface area contributed by atoms with E-state index in [1.165, 1.54) is 0 Å². The molecule has 0 atom stereocenters. The summed E-state index contributed by atoms with van der Waals surface area (Å²) in [5, 5.41) is 16.3. The van der Waals surface area contributed by atoms with Crippen molar-refractivity contribution in [2.75, 3.05) is 13.1 Å². The number of fused-ring (bicyclic) bond motifs is 2. The van der Waals surface area contributed by atoms with Crippen molar-refractivity contribution in [3.63, 3.8) is 0 Å². The number of hydrogen-bond acceptors (Lipinski definition) is 5. The van der Waals surface area contributed by atoms with Gasteiger partial charge in [-0.1, -0.05) is 12.1 Å². The van der Waals surface area contributed by atoms with E-state index >= 15 is 0 Å². The number of nitrogens with one attached hydrogen (secondary N) is 1. The van der Waals surface area contributed by atoms with E-state index in [4.69, 9.17) is 14.9 Å². The number of carbonyl (C=O) groups excluding carboxylic acids is 1. The van der Waals surface area contributed by atoms with Crippen LogP contribution in [-0.4, -0.2) is 50.5 Å². The Morgan fingerprint density at radius 1 is 1.19 bits per heavy atom. The molecule has 1 aromatic carbocycles. The summed E-state index contributed by atoms with van der Waals surface area (Å²) in [5.41, 5.74) is 2.99. The fraction of sp³-hybridized carbons (Fsp3) is 0.500. The highest BCUT2D eigenvalue weighted by Crippen LogP contribution is 2.46. The van der Waals surface area contributed by atoms with E-state index in [0.29, 0.717) is 18.8 Å². The zero-order valence-corrected chi connectivity index (χ0v) is 18.0. The van der Waals surface area contributed by atoms with Crippen LogP contribution >= 0.6 is 0 Å². The number of carbonyl (C=O) groups is 2. The van der Waals surface area contributed by atoms with Gasteiger partial charge in [0.2, 0.25) is 5.91 Å². The summed E-state index contributed by atoms with van der Waals surface area (Å²) in [5.74, 6) is 1.74. The minimum absolute atomic E-state index is 0.0268. The third kappa shape index (κ3) is 4.54. The number of amides is 1. The summed E-state index contributed by atoms with van der Waals surface area (Å²) >= 11 is 0. The van der Waals surface area contributed by atoms with Crippen LogP contribution in [0.4, 0.5) is 0 Å². The highest BCUT2D eigenvalue weighted by atomic mass is 16.3. The predicted molar refractivity (Wildman–Crippen MR) is 118 cm³/mol. The normalized spacial score (nSPS) is 18.6. The number of phenolic OH excluding ortho intramolecular Hbond substituents is 1. The van der Waals surface area contributed by atoms with Gasteiger partial charge in [-0.05, 0) is 62.6 Å². The maximum Gasteiger partial charge on any atom is 0.290 e. The Kier molecular flexibility index (Phi) is 6.30. The number of phenols is 1. The highest BCUT2D eigenvalue weighted by Gasteiger charge is 2.45. The molecule has 1 spiro atoms. The van der Waals surface area contributed by atoms with Crippen molar-refractivity contribution in [1.29, 1.82) is 0 Å². The molecule has 8 nitrogen and oxygen atoms in total. The van der Waals surface area contributed by atoms with E-state index in [0.717, 1.165) is 74.3 Å². The number of carboxylic acid groups (broad SMARTS) is 1. The molecule has 170 valence electrons. The third-order valence-corrected chi connectivity index (χ3v) is 6.99. The Hall–Kier alpha value is -3.16. The second-order valence-electron chi connectivity index (χ2n) is 8.99. The molecule has 3 N–H and O–H groups in total. The first-order chi connectivity index (χ1) is 15.5. The molecule has 2 fully saturated rings. The van der Waals surface area contributed by atoms with Crippen LogP contribution in [0.2, 0.25) is 0 Å². The van der Waals surface area contributed by atoms with Gasteiger partial charge in [-0.25, -0.2) is 4.98 Å². The molecule has 1 aromatic heterocycles. The molecule has 1 saturated carbocycles. The van der Waals surface area contributed by atoms with Crippen LogP contribution in [0.5, 0.6) is 5.75 Å². The number of nitrogens with zero attached hydrogens (tertiary/aromatic N) is 2. The maximum absolute atomic E-state index is 12.7. The van der Waals surface area contributed by atoms with Crippen molar-refractivity contribution in [3.05, 3.63) is 57.3 Å². The molecule has 5 rings (SSSR count). The number of likely N-dealkylation sites (tertiary alicyclic amines) is 1. The van der Waals surface area contributed by atoms with Crippen LogP contribution in [0.1, 0.15) is 67.1 Å². The lowest BCUT2D eigenvalue weighted by atomic mass is 9.76. The smallest absolute Gasteiger partial charge is 0.290 e. The van der Waals surface area contributed by atoms with Crippen LogP contribution in [0.15, 0.2) is 29.1 Å². The number of aryl methyl sites for hydroxylation is 1. The van der Waals surface area contributed by atoms with Crippen LogP contribution in [0.25, 0.3) is 0 Å². The van der Waals surface area contributed by atoms with E-state index in [2.05, 4.69) is 4.98 Å². The van der Waals surface area contributed by atoms with Gasteiger partial charge in [0.25, 0.3) is 12.0 Å². The van der Waals surface area contributed by atoms with Crippen LogP contribution in [-0.2, 0) is 27.8 Å². The van der Waals surface area contributed by atoms with E-state index in [1.807, 2.05) is 17.0 Å². The average Bonchev–Trinajstić information content (AvgIpc) is 3.58. The van der Waals surface area contributed by atoms with Crippen LogP contribution in [0, 0.1) is 0 Å².